The Hall–Kier alpha value is -3.20. The van der Waals surface area contributed by atoms with Gasteiger partial charge in [0.2, 0.25) is 0 Å². The number of aromatic nitrogens is 1. The molecule has 8 nitrogen and oxygen atoms in total. The van der Waals surface area contributed by atoms with E-state index in [1.54, 1.807) is 11.3 Å². The van der Waals surface area contributed by atoms with Gasteiger partial charge in [-0.15, -0.1) is 0 Å². The molecule has 36 heavy (non-hydrogen) atoms. The fourth-order valence-corrected chi connectivity index (χ4v) is 4.30. The fraction of sp³-hybridized carbons (Fsp3) is 0.429. The molecule has 2 fully saturated rings. The molecule has 0 radical (unpaired) electrons. The van der Waals surface area contributed by atoms with E-state index in [-0.39, 0.29) is 5.91 Å². The lowest BCUT2D eigenvalue weighted by Gasteiger charge is -2.21. The number of pyridine rings is 1. The Labute approximate surface area is 204 Å². The number of nitrogens with zero attached hydrogens (tertiary/aromatic N) is 3. The maximum absolute atomic E-state index is 12.4. The molecule has 0 spiro atoms. The smallest absolute Gasteiger partial charge is 0.475 e. The van der Waals surface area contributed by atoms with Crippen LogP contribution in [0.4, 0.5) is 26.3 Å². The van der Waals surface area contributed by atoms with Gasteiger partial charge in [-0.2, -0.15) is 37.7 Å². The van der Waals surface area contributed by atoms with Crippen molar-refractivity contribution in [2.24, 2.45) is 11.8 Å². The van der Waals surface area contributed by atoms with E-state index in [2.05, 4.69) is 16.0 Å². The molecule has 2 aliphatic rings. The molecule has 2 aromatic rings. The molecular formula is C21H21F6N3O5S. The molecular weight excluding hydrogens is 520 g/mol. The van der Waals surface area contributed by atoms with Crippen molar-refractivity contribution in [3.8, 4) is 0 Å². The summed E-state index contributed by atoms with van der Waals surface area (Å²) in [5.74, 6) is -4.08. The van der Waals surface area contributed by atoms with Gasteiger partial charge in [-0.3, -0.25) is 14.7 Å². The first-order chi connectivity index (χ1) is 16.7. The number of hydrogen-bond donors (Lipinski definition) is 2. The van der Waals surface area contributed by atoms with E-state index >= 15 is 0 Å². The molecule has 0 aromatic carbocycles. The second-order valence-corrected chi connectivity index (χ2v) is 8.64. The highest BCUT2D eigenvalue weighted by molar-refractivity contribution is 7.08. The quantitative estimate of drug-likeness (QED) is 0.572. The molecule has 0 bridgehead atoms. The standard InChI is InChI=1S/C17H19N3OS.2C2HF3O2/c21-17(13-4-6-22-12-13)20-9-14-7-19(8-15(14)10-20)11-16-3-1-2-5-18-16;2*3-2(4,5)1(6)7/h1-6,12,14-15H,7-11H2;2*(H,6,7). The first kappa shape index (κ1) is 29.0. The minimum Gasteiger partial charge on any atom is -0.475 e. The number of carbonyl (C=O) groups excluding carboxylic acids is 1. The maximum Gasteiger partial charge on any atom is 0.490 e. The summed E-state index contributed by atoms with van der Waals surface area (Å²) in [5.41, 5.74) is 1.98. The topological polar surface area (TPSA) is 111 Å². The number of likely N-dealkylation sites (tertiary alicyclic amines) is 2. The summed E-state index contributed by atoms with van der Waals surface area (Å²) in [6.07, 6.45) is -8.31. The first-order valence-electron chi connectivity index (χ1n) is 10.2. The lowest BCUT2D eigenvalue weighted by Crippen LogP contribution is -2.33. The molecule has 2 saturated heterocycles. The molecule has 4 heterocycles. The van der Waals surface area contributed by atoms with Gasteiger partial charge in [0.1, 0.15) is 0 Å². The van der Waals surface area contributed by atoms with Crippen LogP contribution in [0.25, 0.3) is 0 Å². The molecule has 2 aliphatic heterocycles. The molecule has 2 N–H and O–H groups in total. The van der Waals surface area contributed by atoms with Gasteiger partial charge in [-0.05, 0) is 35.4 Å². The van der Waals surface area contributed by atoms with E-state index in [4.69, 9.17) is 19.8 Å². The van der Waals surface area contributed by atoms with Crippen molar-refractivity contribution < 1.29 is 50.9 Å². The molecule has 15 heteroatoms. The number of halogens is 6. The highest BCUT2D eigenvalue weighted by Crippen LogP contribution is 2.32. The zero-order valence-corrected chi connectivity index (χ0v) is 19.2. The van der Waals surface area contributed by atoms with Gasteiger partial charge in [0.25, 0.3) is 5.91 Å². The van der Waals surface area contributed by atoms with Gasteiger partial charge in [-0.1, -0.05) is 6.07 Å². The number of rotatable bonds is 3. The lowest BCUT2D eigenvalue weighted by atomic mass is 10.0. The Morgan fingerprint density at radius 3 is 1.83 bits per heavy atom. The van der Waals surface area contributed by atoms with Gasteiger partial charge in [0.05, 0.1) is 11.3 Å². The van der Waals surface area contributed by atoms with Crippen LogP contribution in [0.1, 0.15) is 16.1 Å². The molecule has 2 unspecified atom stereocenters. The number of thiophene rings is 1. The van der Waals surface area contributed by atoms with Crippen LogP contribution in [0, 0.1) is 11.8 Å². The summed E-state index contributed by atoms with van der Waals surface area (Å²) in [6.45, 7) is 4.88. The normalized spacial score (nSPS) is 19.4. The number of carboxylic acids is 2. The minimum atomic E-state index is -5.08. The van der Waals surface area contributed by atoms with Crippen molar-refractivity contribution in [2.45, 2.75) is 18.9 Å². The Morgan fingerprint density at radius 2 is 1.44 bits per heavy atom. The monoisotopic (exact) mass is 541 g/mol. The predicted molar refractivity (Wildman–Crippen MR) is 114 cm³/mol. The maximum atomic E-state index is 12.4. The van der Waals surface area contributed by atoms with E-state index in [1.165, 1.54) is 0 Å². The number of fused-ring (bicyclic) bond motifs is 1. The number of aliphatic carboxylic acids is 2. The van der Waals surface area contributed by atoms with Crippen molar-refractivity contribution in [3.63, 3.8) is 0 Å². The van der Waals surface area contributed by atoms with Crippen molar-refractivity contribution in [3.05, 3.63) is 52.5 Å². The van der Waals surface area contributed by atoms with Crippen LogP contribution in [0.3, 0.4) is 0 Å². The Bertz CT molecular complexity index is 979. The summed E-state index contributed by atoms with van der Waals surface area (Å²) in [7, 11) is 0. The summed E-state index contributed by atoms with van der Waals surface area (Å²) >= 11 is 1.59. The SMILES string of the molecule is O=C(O)C(F)(F)F.O=C(O)C(F)(F)F.O=C(c1ccsc1)N1CC2CN(Cc3ccccn3)CC2C1. The van der Waals surface area contributed by atoms with E-state index in [9.17, 15) is 31.1 Å². The van der Waals surface area contributed by atoms with Gasteiger partial charge in [0, 0.05) is 44.3 Å². The van der Waals surface area contributed by atoms with Crippen LogP contribution in [0.15, 0.2) is 41.2 Å². The van der Waals surface area contributed by atoms with Gasteiger partial charge in [0.15, 0.2) is 0 Å². The third kappa shape index (κ3) is 8.78. The van der Waals surface area contributed by atoms with Crippen molar-refractivity contribution in [1.82, 2.24) is 14.8 Å². The zero-order valence-electron chi connectivity index (χ0n) is 18.4. The van der Waals surface area contributed by atoms with Crippen LogP contribution in [0.2, 0.25) is 0 Å². The van der Waals surface area contributed by atoms with E-state index in [0.29, 0.717) is 11.8 Å². The van der Waals surface area contributed by atoms with E-state index < -0.39 is 24.3 Å². The number of hydrogen-bond acceptors (Lipinski definition) is 6. The first-order valence-corrected chi connectivity index (χ1v) is 11.2. The van der Waals surface area contributed by atoms with Crippen LogP contribution in [-0.4, -0.2) is 81.4 Å². The average Bonchev–Trinajstić information content (AvgIpc) is 3.50. The highest BCUT2D eigenvalue weighted by Gasteiger charge is 2.42. The Morgan fingerprint density at radius 1 is 0.917 bits per heavy atom. The predicted octanol–water partition coefficient (Wildman–Crippen LogP) is 3.61. The number of carboxylic acid groups (broad SMARTS) is 2. The fourth-order valence-electron chi connectivity index (χ4n) is 3.67. The van der Waals surface area contributed by atoms with E-state index in [0.717, 1.165) is 44.0 Å². The molecule has 2 atom stereocenters. The van der Waals surface area contributed by atoms with Crippen LogP contribution < -0.4 is 0 Å². The third-order valence-corrected chi connectivity index (χ3v) is 5.90. The van der Waals surface area contributed by atoms with E-state index in [1.807, 2.05) is 40.1 Å². The highest BCUT2D eigenvalue weighted by atomic mass is 32.1. The van der Waals surface area contributed by atoms with Crippen molar-refractivity contribution in [2.75, 3.05) is 26.2 Å². The summed E-state index contributed by atoms with van der Waals surface area (Å²) in [6, 6.07) is 8.01. The van der Waals surface area contributed by atoms with Crippen LogP contribution in [0.5, 0.6) is 0 Å². The Kier molecular flexibility index (Phi) is 9.81. The third-order valence-electron chi connectivity index (χ3n) is 5.21. The second-order valence-electron chi connectivity index (χ2n) is 7.86. The molecule has 1 amide bonds. The van der Waals surface area contributed by atoms with Crippen LogP contribution >= 0.6 is 11.3 Å². The van der Waals surface area contributed by atoms with Gasteiger partial charge < -0.3 is 15.1 Å². The summed E-state index contributed by atoms with van der Waals surface area (Å²) in [4.78, 5) is 39.1. The van der Waals surface area contributed by atoms with Gasteiger partial charge in [-0.25, -0.2) is 9.59 Å². The van der Waals surface area contributed by atoms with Crippen molar-refractivity contribution in [1.29, 1.82) is 0 Å². The summed E-state index contributed by atoms with van der Waals surface area (Å²) in [5, 5.41) is 18.2. The Balaban J connectivity index is 0.000000271. The minimum absolute atomic E-state index is 0.201. The second kappa shape index (κ2) is 12.2. The zero-order chi connectivity index (χ0) is 27.1. The summed E-state index contributed by atoms with van der Waals surface area (Å²) < 4.78 is 63.5. The average molecular weight is 541 g/mol. The molecule has 0 aliphatic carbocycles. The molecule has 2 aromatic heterocycles. The number of alkyl halides is 6. The van der Waals surface area contributed by atoms with Crippen molar-refractivity contribution >= 4 is 29.2 Å². The van der Waals surface area contributed by atoms with Crippen LogP contribution in [-0.2, 0) is 16.1 Å². The largest absolute Gasteiger partial charge is 0.490 e. The molecule has 0 saturated carbocycles. The molecule has 4 rings (SSSR count). The number of amides is 1. The lowest BCUT2D eigenvalue weighted by molar-refractivity contribution is -0.193. The van der Waals surface area contributed by atoms with Gasteiger partial charge >= 0.3 is 24.3 Å². The molecule has 198 valence electrons. The number of carbonyl (C=O) groups is 3.